The van der Waals surface area contributed by atoms with Crippen molar-refractivity contribution in [3.05, 3.63) is 33.8 Å². The van der Waals surface area contributed by atoms with Gasteiger partial charge in [0.15, 0.2) is 0 Å². The van der Waals surface area contributed by atoms with E-state index in [0.717, 1.165) is 31.4 Å². The molecule has 1 aliphatic heterocycles. The average Bonchev–Trinajstić information content (AvgIpc) is 2.78. The predicted molar refractivity (Wildman–Crippen MR) is 78.8 cm³/mol. The van der Waals surface area contributed by atoms with E-state index in [2.05, 4.69) is 10.2 Å². The third-order valence-corrected chi connectivity index (χ3v) is 4.12. The Kier molecular flexibility index (Phi) is 5.08. The van der Waals surface area contributed by atoms with E-state index in [1.54, 1.807) is 6.07 Å². The zero-order valence-corrected chi connectivity index (χ0v) is 12.5. The number of amides is 1. The number of nitrogens with one attached hydrogen (secondary N) is 1. The van der Waals surface area contributed by atoms with Crippen molar-refractivity contribution in [3.63, 3.8) is 0 Å². The highest BCUT2D eigenvalue weighted by Crippen LogP contribution is 2.21. The van der Waals surface area contributed by atoms with Gasteiger partial charge in [-0.25, -0.2) is 0 Å². The molecule has 1 fully saturated rings. The Morgan fingerprint density at radius 3 is 2.89 bits per heavy atom. The Morgan fingerprint density at radius 2 is 2.26 bits per heavy atom. The minimum Gasteiger partial charge on any atom is -0.354 e. The molecule has 1 heterocycles. The van der Waals surface area contributed by atoms with Crippen molar-refractivity contribution in [1.29, 1.82) is 0 Å². The van der Waals surface area contributed by atoms with Crippen LogP contribution in [0.25, 0.3) is 0 Å². The molecule has 1 unspecified atom stereocenters. The molecule has 0 radical (unpaired) electrons. The fraction of sp³-hybridized carbons (Fsp3) is 0.500. The van der Waals surface area contributed by atoms with Crippen molar-refractivity contribution in [3.8, 4) is 0 Å². The van der Waals surface area contributed by atoms with Crippen molar-refractivity contribution in [1.82, 2.24) is 10.2 Å². The molecule has 5 heteroatoms. The maximum absolute atomic E-state index is 12.0. The Hall–Kier alpha value is -0.770. The number of nitrogens with zero attached hydrogens (tertiary/aromatic N) is 1. The summed E-state index contributed by atoms with van der Waals surface area (Å²) in [5.74, 6) is 0.116. The van der Waals surface area contributed by atoms with E-state index in [1.165, 1.54) is 0 Å². The molecule has 0 bridgehead atoms. The molecule has 19 heavy (non-hydrogen) atoms. The van der Waals surface area contributed by atoms with E-state index in [-0.39, 0.29) is 11.9 Å². The maximum Gasteiger partial charge on any atom is 0.237 e. The number of hydrogen-bond acceptors (Lipinski definition) is 2. The number of carbonyl (C=O) groups is 1. The largest absolute Gasteiger partial charge is 0.354 e. The van der Waals surface area contributed by atoms with Gasteiger partial charge in [0.05, 0.1) is 6.04 Å². The lowest BCUT2D eigenvalue weighted by atomic mass is 10.1. The summed E-state index contributed by atoms with van der Waals surface area (Å²) in [5, 5.41) is 4.26. The van der Waals surface area contributed by atoms with Crippen molar-refractivity contribution in [2.24, 2.45) is 0 Å². The van der Waals surface area contributed by atoms with Gasteiger partial charge in [0.25, 0.3) is 0 Å². The number of likely N-dealkylation sites (tertiary alicyclic amines) is 1. The summed E-state index contributed by atoms with van der Waals surface area (Å²) >= 11 is 11.9. The van der Waals surface area contributed by atoms with Crippen LogP contribution in [0.2, 0.25) is 10.0 Å². The van der Waals surface area contributed by atoms with E-state index in [0.29, 0.717) is 16.6 Å². The van der Waals surface area contributed by atoms with Crippen molar-refractivity contribution in [2.75, 3.05) is 20.1 Å². The minimum atomic E-state index is 0.0284. The van der Waals surface area contributed by atoms with E-state index >= 15 is 0 Å². The molecule has 0 spiro atoms. The second-order valence-electron chi connectivity index (χ2n) is 4.92. The molecule has 2 rings (SSSR count). The molecule has 3 nitrogen and oxygen atoms in total. The molecular weight excluding hydrogens is 283 g/mol. The lowest BCUT2D eigenvalue weighted by Gasteiger charge is -2.18. The van der Waals surface area contributed by atoms with Gasteiger partial charge in [-0.05, 0) is 50.6 Å². The van der Waals surface area contributed by atoms with Gasteiger partial charge in [-0.2, -0.15) is 0 Å². The van der Waals surface area contributed by atoms with Crippen molar-refractivity contribution in [2.45, 2.75) is 25.3 Å². The Morgan fingerprint density at radius 1 is 1.47 bits per heavy atom. The van der Waals surface area contributed by atoms with Crippen LogP contribution in [0.1, 0.15) is 18.4 Å². The lowest BCUT2D eigenvalue weighted by molar-refractivity contribution is -0.125. The first-order valence-electron chi connectivity index (χ1n) is 6.50. The van der Waals surface area contributed by atoms with Gasteiger partial charge in [-0.3, -0.25) is 9.69 Å². The van der Waals surface area contributed by atoms with Crippen molar-refractivity contribution >= 4 is 29.1 Å². The summed E-state index contributed by atoms with van der Waals surface area (Å²) in [7, 11) is 1.99. The van der Waals surface area contributed by atoms with Gasteiger partial charge in [-0.1, -0.05) is 29.3 Å². The quantitative estimate of drug-likeness (QED) is 0.927. The van der Waals surface area contributed by atoms with E-state index in [4.69, 9.17) is 23.2 Å². The number of rotatable bonds is 4. The third kappa shape index (κ3) is 3.85. The normalized spacial score (nSPS) is 19.6. The molecular formula is C14H18Cl2N2O. The summed E-state index contributed by atoms with van der Waals surface area (Å²) in [4.78, 5) is 14.1. The van der Waals surface area contributed by atoms with Gasteiger partial charge >= 0.3 is 0 Å². The number of hydrogen-bond donors (Lipinski definition) is 1. The summed E-state index contributed by atoms with van der Waals surface area (Å²) < 4.78 is 0. The summed E-state index contributed by atoms with van der Waals surface area (Å²) in [6.45, 7) is 1.60. The molecule has 1 saturated heterocycles. The first-order valence-corrected chi connectivity index (χ1v) is 7.25. The highest BCUT2D eigenvalue weighted by Gasteiger charge is 2.27. The molecule has 1 N–H and O–H groups in total. The van der Waals surface area contributed by atoms with Crippen LogP contribution in [0.3, 0.4) is 0 Å². The molecule has 0 aromatic heterocycles. The zero-order valence-electron chi connectivity index (χ0n) is 11.0. The molecule has 0 saturated carbocycles. The molecule has 1 aliphatic rings. The Labute approximate surface area is 123 Å². The van der Waals surface area contributed by atoms with Crippen LogP contribution in [0.5, 0.6) is 0 Å². The highest BCUT2D eigenvalue weighted by atomic mass is 35.5. The predicted octanol–water partition coefficient (Wildman–Crippen LogP) is 2.75. The number of benzene rings is 1. The standard InChI is InChI=1S/C14H18Cl2N2O/c1-18-8-2-3-13(18)14(19)17-7-6-10-4-5-11(15)9-12(10)16/h4-5,9,13H,2-3,6-8H2,1H3,(H,17,19). The Balaban J connectivity index is 1.81. The van der Waals surface area contributed by atoms with Gasteiger partial charge in [-0.15, -0.1) is 0 Å². The second-order valence-corrected chi connectivity index (χ2v) is 5.76. The second kappa shape index (κ2) is 6.60. The van der Waals surface area contributed by atoms with Gasteiger partial charge in [0.1, 0.15) is 0 Å². The molecule has 1 amide bonds. The van der Waals surface area contributed by atoms with E-state index in [1.807, 2.05) is 19.2 Å². The van der Waals surface area contributed by atoms with Crippen LogP contribution in [0.4, 0.5) is 0 Å². The van der Waals surface area contributed by atoms with Gasteiger partial charge in [0.2, 0.25) is 5.91 Å². The van der Waals surface area contributed by atoms with E-state index < -0.39 is 0 Å². The SMILES string of the molecule is CN1CCCC1C(=O)NCCc1ccc(Cl)cc1Cl. The Bertz CT molecular complexity index is 465. The van der Waals surface area contributed by atoms with Crippen LogP contribution >= 0.6 is 23.2 Å². The number of carbonyl (C=O) groups excluding carboxylic acids is 1. The molecule has 0 aliphatic carbocycles. The van der Waals surface area contributed by atoms with Crippen LogP contribution in [-0.2, 0) is 11.2 Å². The number of halogens is 2. The van der Waals surface area contributed by atoms with Crippen LogP contribution in [0, 0.1) is 0 Å². The smallest absolute Gasteiger partial charge is 0.237 e. The highest BCUT2D eigenvalue weighted by molar-refractivity contribution is 6.35. The number of likely N-dealkylation sites (N-methyl/N-ethyl adjacent to an activating group) is 1. The van der Waals surface area contributed by atoms with Crippen molar-refractivity contribution < 1.29 is 4.79 Å². The maximum atomic E-state index is 12.0. The lowest BCUT2D eigenvalue weighted by Crippen LogP contribution is -2.42. The topological polar surface area (TPSA) is 32.3 Å². The third-order valence-electron chi connectivity index (χ3n) is 3.53. The van der Waals surface area contributed by atoms with E-state index in [9.17, 15) is 4.79 Å². The fourth-order valence-corrected chi connectivity index (χ4v) is 2.91. The summed E-state index contributed by atoms with van der Waals surface area (Å²) in [5.41, 5.74) is 1.01. The van der Waals surface area contributed by atoms with Crippen LogP contribution < -0.4 is 5.32 Å². The molecule has 104 valence electrons. The minimum absolute atomic E-state index is 0.0284. The molecule has 1 atom stereocenters. The van der Waals surface area contributed by atoms with Crippen LogP contribution in [0.15, 0.2) is 18.2 Å². The first-order chi connectivity index (χ1) is 9.08. The van der Waals surface area contributed by atoms with Gasteiger partial charge < -0.3 is 5.32 Å². The summed E-state index contributed by atoms with van der Waals surface area (Å²) in [6.07, 6.45) is 2.76. The summed E-state index contributed by atoms with van der Waals surface area (Å²) in [6, 6.07) is 5.47. The zero-order chi connectivity index (χ0) is 13.8. The van der Waals surface area contributed by atoms with Gasteiger partial charge in [0, 0.05) is 16.6 Å². The molecule has 1 aromatic carbocycles. The molecule has 1 aromatic rings. The first kappa shape index (κ1) is 14.6. The monoisotopic (exact) mass is 300 g/mol. The fourth-order valence-electron chi connectivity index (χ4n) is 2.40. The van der Waals surface area contributed by atoms with Crippen LogP contribution in [-0.4, -0.2) is 37.0 Å². The average molecular weight is 301 g/mol.